The Kier molecular flexibility index (Phi) is 4.37. The molecule has 0 aromatic heterocycles. The summed E-state index contributed by atoms with van der Waals surface area (Å²) < 4.78 is 23.6. The van der Waals surface area contributed by atoms with Gasteiger partial charge in [0.25, 0.3) is 5.69 Å². The third kappa shape index (κ3) is 2.94. The van der Waals surface area contributed by atoms with Gasteiger partial charge in [-0.25, -0.2) is 9.18 Å². The molecule has 1 aliphatic rings. The van der Waals surface area contributed by atoms with Crippen LogP contribution in [0.4, 0.5) is 15.8 Å². The van der Waals surface area contributed by atoms with Crippen LogP contribution in [-0.2, 0) is 9.47 Å². The third-order valence-corrected chi connectivity index (χ3v) is 3.34. The highest BCUT2D eigenvalue weighted by molar-refractivity contribution is 5.92. The first-order valence-corrected chi connectivity index (χ1v) is 6.36. The van der Waals surface area contributed by atoms with Crippen LogP contribution in [0.25, 0.3) is 0 Å². The van der Waals surface area contributed by atoms with Crippen molar-refractivity contribution in [3.63, 3.8) is 0 Å². The summed E-state index contributed by atoms with van der Waals surface area (Å²) in [6.45, 7) is 3.08. The zero-order valence-corrected chi connectivity index (χ0v) is 11.7. The molecule has 1 atom stereocenters. The number of esters is 1. The third-order valence-electron chi connectivity index (χ3n) is 3.34. The second kappa shape index (κ2) is 6.04. The van der Waals surface area contributed by atoms with E-state index in [1.165, 1.54) is 6.07 Å². The molecule has 1 aliphatic heterocycles. The van der Waals surface area contributed by atoms with Crippen LogP contribution in [0.15, 0.2) is 12.1 Å². The lowest BCUT2D eigenvalue weighted by atomic mass is 10.1. The first-order chi connectivity index (χ1) is 9.95. The normalized spacial score (nSPS) is 18.4. The largest absolute Gasteiger partial charge is 0.465 e. The number of nitro groups is 1. The van der Waals surface area contributed by atoms with E-state index in [-0.39, 0.29) is 23.0 Å². The summed E-state index contributed by atoms with van der Waals surface area (Å²) in [6, 6.07) is 1.80. The first kappa shape index (κ1) is 15.2. The molecule has 1 heterocycles. The molecule has 0 amide bonds. The molecule has 0 saturated carbocycles. The Morgan fingerprint density at radius 2 is 2.29 bits per heavy atom. The highest BCUT2D eigenvalue weighted by Gasteiger charge is 2.29. The molecule has 0 N–H and O–H groups in total. The van der Waals surface area contributed by atoms with Crippen molar-refractivity contribution in [1.29, 1.82) is 0 Å². The molecular weight excluding hydrogens is 283 g/mol. The summed E-state index contributed by atoms with van der Waals surface area (Å²) in [5.41, 5.74) is -0.511. The number of hydrogen-bond acceptors (Lipinski definition) is 6. The fourth-order valence-corrected chi connectivity index (χ4v) is 2.28. The molecule has 1 saturated heterocycles. The molecule has 2 rings (SSSR count). The van der Waals surface area contributed by atoms with E-state index in [0.29, 0.717) is 19.8 Å². The second-order valence-electron chi connectivity index (χ2n) is 4.69. The van der Waals surface area contributed by atoms with Crippen LogP contribution in [-0.4, -0.2) is 43.8 Å². The van der Waals surface area contributed by atoms with Crippen LogP contribution in [0.5, 0.6) is 0 Å². The van der Waals surface area contributed by atoms with Gasteiger partial charge in [0.15, 0.2) is 0 Å². The summed E-state index contributed by atoms with van der Waals surface area (Å²) in [6.07, 6.45) is 0. The quantitative estimate of drug-likeness (QED) is 0.480. The molecule has 0 aliphatic carbocycles. The molecule has 1 unspecified atom stereocenters. The van der Waals surface area contributed by atoms with E-state index < -0.39 is 16.7 Å². The zero-order valence-electron chi connectivity index (χ0n) is 11.7. The van der Waals surface area contributed by atoms with E-state index in [2.05, 4.69) is 4.74 Å². The van der Waals surface area contributed by atoms with Crippen molar-refractivity contribution in [3.8, 4) is 0 Å². The molecule has 114 valence electrons. The maximum atomic E-state index is 13.8. The van der Waals surface area contributed by atoms with Gasteiger partial charge >= 0.3 is 5.97 Å². The van der Waals surface area contributed by atoms with Crippen LogP contribution in [0.3, 0.4) is 0 Å². The molecule has 7 nitrogen and oxygen atoms in total. The number of anilines is 1. The maximum Gasteiger partial charge on any atom is 0.340 e. The standard InChI is InChI=1S/C13H15FN2O5/c1-8-7-21-4-3-15(8)11-5-9(13(17)20-2)10(14)6-12(11)16(18)19/h5-6,8H,3-4,7H2,1-2H3. The van der Waals surface area contributed by atoms with Crippen LogP contribution >= 0.6 is 0 Å². The van der Waals surface area contributed by atoms with Gasteiger partial charge in [-0.15, -0.1) is 0 Å². The van der Waals surface area contributed by atoms with Crippen LogP contribution in [0.1, 0.15) is 17.3 Å². The van der Waals surface area contributed by atoms with Crippen molar-refractivity contribution >= 4 is 17.3 Å². The Morgan fingerprint density at radius 1 is 1.57 bits per heavy atom. The van der Waals surface area contributed by atoms with E-state index in [1.54, 1.807) is 4.90 Å². The van der Waals surface area contributed by atoms with Gasteiger partial charge in [-0.05, 0) is 13.0 Å². The summed E-state index contributed by atoms with van der Waals surface area (Å²) in [4.78, 5) is 23.8. The average molecular weight is 298 g/mol. The van der Waals surface area contributed by atoms with Gasteiger partial charge < -0.3 is 14.4 Å². The lowest BCUT2D eigenvalue weighted by Gasteiger charge is -2.34. The summed E-state index contributed by atoms with van der Waals surface area (Å²) in [5, 5.41) is 11.1. The zero-order chi connectivity index (χ0) is 15.6. The number of rotatable bonds is 3. The van der Waals surface area contributed by atoms with Crippen LogP contribution in [0.2, 0.25) is 0 Å². The highest BCUT2D eigenvalue weighted by atomic mass is 19.1. The van der Waals surface area contributed by atoms with Crippen molar-refractivity contribution in [1.82, 2.24) is 0 Å². The van der Waals surface area contributed by atoms with Gasteiger partial charge in [-0.1, -0.05) is 0 Å². The van der Waals surface area contributed by atoms with Gasteiger partial charge in [0.2, 0.25) is 0 Å². The first-order valence-electron chi connectivity index (χ1n) is 6.36. The number of hydrogen-bond donors (Lipinski definition) is 0. The Bertz CT molecular complexity index is 578. The van der Waals surface area contributed by atoms with Gasteiger partial charge in [0.1, 0.15) is 11.5 Å². The number of ether oxygens (including phenoxy) is 2. The van der Waals surface area contributed by atoms with E-state index in [9.17, 15) is 19.3 Å². The van der Waals surface area contributed by atoms with Crippen molar-refractivity contribution in [2.24, 2.45) is 0 Å². The fraction of sp³-hybridized carbons (Fsp3) is 0.462. The number of morpholine rings is 1. The minimum atomic E-state index is -0.974. The van der Waals surface area contributed by atoms with Gasteiger partial charge in [0, 0.05) is 12.6 Å². The van der Waals surface area contributed by atoms with Gasteiger partial charge in [-0.2, -0.15) is 0 Å². The molecule has 0 radical (unpaired) electrons. The predicted molar refractivity (Wildman–Crippen MR) is 72.0 cm³/mol. The van der Waals surface area contributed by atoms with E-state index in [0.717, 1.165) is 13.2 Å². The number of carbonyl (C=O) groups excluding carboxylic acids is 1. The lowest BCUT2D eigenvalue weighted by Crippen LogP contribution is -2.44. The lowest BCUT2D eigenvalue weighted by molar-refractivity contribution is -0.384. The average Bonchev–Trinajstić information content (AvgIpc) is 2.47. The maximum absolute atomic E-state index is 13.8. The number of methoxy groups -OCH3 is 1. The Labute approximate surface area is 120 Å². The Morgan fingerprint density at radius 3 is 2.86 bits per heavy atom. The summed E-state index contributed by atoms with van der Waals surface area (Å²) >= 11 is 0. The van der Waals surface area contributed by atoms with E-state index >= 15 is 0 Å². The van der Waals surface area contributed by atoms with Crippen LogP contribution in [0, 0.1) is 15.9 Å². The van der Waals surface area contributed by atoms with Crippen LogP contribution < -0.4 is 4.90 Å². The molecule has 0 bridgehead atoms. The number of benzene rings is 1. The number of halogens is 1. The smallest absolute Gasteiger partial charge is 0.340 e. The van der Waals surface area contributed by atoms with E-state index in [4.69, 9.17) is 4.74 Å². The molecule has 8 heteroatoms. The van der Waals surface area contributed by atoms with Crippen molar-refractivity contribution < 1.29 is 23.6 Å². The Balaban J connectivity index is 2.55. The highest BCUT2D eigenvalue weighted by Crippen LogP contribution is 2.33. The van der Waals surface area contributed by atoms with Gasteiger partial charge in [-0.3, -0.25) is 10.1 Å². The molecule has 1 fully saturated rings. The van der Waals surface area contributed by atoms with E-state index in [1.807, 2.05) is 6.92 Å². The monoisotopic (exact) mass is 298 g/mol. The second-order valence-corrected chi connectivity index (χ2v) is 4.69. The topological polar surface area (TPSA) is 81.9 Å². The molecular formula is C13H15FN2O5. The number of nitrogens with zero attached hydrogens (tertiary/aromatic N) is 2. The molecule has 1 aromatic rings. The fourth-order valence-electron chi connectivity index (χ4n) is 2.28. The minimum Gasteiger partial charge on any atom is -0.465 e. The predicted octanol–water partition coefficient (Wildman–Crippen LogP) is 1.75. The number of nitro benzene ring substituents is 1. The molecule has 0 spiro atoms. The van der Waals surface area contributed by atoms with Crippen molar-refractivity contribution in [2.75, 3.05) is 31.8 Å². The van der Waals surface area contributed by atoms with Crippen molar-refractivity contribution in [3.05, 3.63) is 33.6 Å². The Hall–Kier alpha value is -2.22. The summed E-state index contributed by atoms with van der Waals surface area (Å²) in [5.74, 6) is -1.84. The number of carbonyl (C=O) groups is 1. The summed E-state index contributed by atoms with van der Waals surface area (Å²) in [7, 11) is 1.13. The molecule has 1 aromatic carbocycles. The minimum absolute atomic E-state index is 0.117. The van der Waals surface area contributed by atoms with Crippen molar-refractivity contribution in [2.45, 2.75) is 13.0 Å². The van der Waals surface area contributed by atoms with Gasteiger partial charge in [0.05, 0.1) is 36.9 Å². The molecule has 21 heavy (non-hydrogen) atoms. The SMILES string of the molecule is COC(=O)c1cc(N2CCOCC2C)c([N+](=O)[O-])cc1F.